The molecule has 0 aliphatic carbocycles. The van der Waals surface area contributed by atoms with Crippen LogP contribution in [0.15, 0.2) is 0 Å². The lowest BCUT2D eigenvalue weighted by atomic mass is 10.6. The molecule has 3 heteroatoms. The summed E-state index contributed by atoms with van der Waals surface area (Å²) in [6, 6.07) is 1.48. The van der Waals surface area contributed by atoms with Gasteiger partial charge in [0.15, 0.2) is 0 Å². The van der Waals surface area contributed by atoms with Gasteiger partial charge in [0.1, 0.15) is 5.57 Å². The molecule has 0 heterocycles. The van der Waals surface area contributed by atoms with E-state index in [2.05, 4.69) is 57.5 Å². The zero-order valence-electron chi connectivity index (χ0n) is 5.38. The molecule has 0 aromatic rings. The third-order valence-corrected chi connectivity index (χ3v) is 4.83. The van der Waals surface area contributed by atoms with Crippen molar-refractivity contribution in [1.29, 1.82) is 0 Å². The summed E-state index contributed by atoms with van der Waals surface area (Å²) in [4.78, 5) is 0. The van der Waals surface area contributed by atoms with Gasteiger partial charge in [-0.1, -0.05) is 35.7 Å². The second kappa shape index (κ2) is 4.49. The van der Waals surface area contributed by atoms with Crippen LogP contribution in [0, 0.1) is 0 Å². The summed E-state index contributed by atoms with van der Waals surface area (Å²) >= 11 is 5.08. The summed E-state index contributed by atoms with van der Waals surface area (Å²) in [7, 11) is 0. The Hall–Kier alpha value is 1.68. The van der Waals surface area contributed by atoms with Crippen molar-refractivity contribution in [3.05, 3.63) is 0 Å². The number of hydrogen-bond acceptors (Lipinski definition) is 0. The van der Waals surface area contributed by atoms with E-state index >= 15 is 0 Å². The van der Waals surface area contributed by atoms with Crippen LogP contribution in [0.1, 0.15) is 6.42 Å². The van der Waals surface area contributed by atoms with Crippen LogP contribution in [0.4, 0.5) is 0 Å². The minimum absolute atomic E-state index is 0.713. The van der Waals surface area contributed by atoms with Gasteiger partial charge in [-0.2, -0.15) is 0 Å². The highest BCUT2D eigenvalue weighted by atomic mass is 127. The lowest BCUT2D eigenvalue weighted by molar-refractivity contribution is 1.10. The Kier molecular flexibility index (Phi) is 5.43. The van der Waals surface area contributed by atoms with Crippen LogP contribution in [-0.4, -0.2) is 10.00 Å². The van der Waals surface area contributed by atoms with E-state index in [1.54, 1.807) is 0 Å². The molecule has 0 aromatic heterocycles. The molecule has 0 N–H and O–H groups in total. The monoisotopic (exact) mass is 354 g/mol. The molecule has 0 saturated carbocycles. The maximum absolute atomic E-state index is 2.64. The molecule has 0 rings (SSSR count). The molecular formula is C5H12I2Si. The minimum Gasteiger partial charge on any atom is -0.119 e. The van der Waals surface area contributed by atoms with Crippen molar-refractivity contribution in [2.45, 2.75) is 25.6 Å². The van der Waals surface area contributed by atoms with Crippen molar-refractivity contribution in [3.8, 4) is 0 Å². The van der Waals surface area contributed by atoms with Crippen LogP contribution in [0.5, 0.6) is 0 Å². The SMILES string of the molecule is C[Si](C)(I)CCCI. The predicted octanol–water partition coefficient (Wildman–Crippen LogP) is 3.45. The molecule has 0 aliphatic heterocycles. The van der Waals surface area contributed by atoms with Crippen LogP contribution < -0.4 is 0 Å². The zero-order valence-corrected chi connectivity index (χ0v) is 10.7. The number of hydrogen-bond donors (Lipinski definition) is 0. The van der Waals surface area contributed by atoms with E-state index in [1.165, 1.54) is 16.9 Å². The molecule has 0 atom stereocenters. The molecule has 50 valence electrons. The lowest BCUT2D eigenvalue weighted by Crippen LogP contribution is -2.13. The Balaban J connectivity index is 3.11. The van der Waals surface area contributed by atoms with E-state index in [9.17, 15) is 0 Å². The number of rotatable bonds is 3. The third kappa shape index (κ3) is 7.68. The quantitative estimate of drug-likeness (QED) is 0.315. The predicted molar refractivity (Wildman–Crippen MR) is 59.8 cm³/mol. The standard InChI is InChI=1S/C5H12I2Si/c1-8(2,7)5-3-4-6/h3-5H2,1-2H3. The molecule has 0 aromatic carbocycles. The Morgan fingerprint density at radius 3 is 2.00 bits per heavy atom. The smallest absolute Gasteiger partial charge is 0.119 e. The van der Waals surface area contributed by atoms with Crippen molar-refractivity contribution >= 4 is 50.0 Å². The van der Waals surface area contributed by atoms with Gasteiger partial charge in [0.05, 0.1) is 0 Å². The summed E-state index contributed by atoms with van der Waals surface area (Å²) in [5.74, 6) is 0. The van der Waals surface area contributed by atoms with Gasteiger partial charge in [0.2, 0.25) is 0 Å². The van der Waals surface area contributed by atoms with Crippen molar-refractivity contribution in [2.75, 3.05) is 4.43 Å². The van der Waals surface area contributed by atoms with E-state index in [4.69, 9.17) is 0 Å². The van der Waals surface area contributed by atoms with Crippen molar-refractivity contribution in [1.82, 2.24) is 0 Å². The summed E-state index contributed by atoms with van der Waals surface area (Å²) in [5.41, 5.74) is -0.713. The molecule has 0 amide bonds. The Morgan fingerprint density at radius 2 is 1.88 bits per heavy atom. The van der Waals surface area contributed by atoms with Gasteiger partial charge in [0.25, 0.3) is 0 Å². The van der Waals surface area contributed by atoms with Gasteiger partial charge < -0.3 is 0 Å². The lowest BCUT2D eigenvalue weighted by Gasteiger charge is -2.10. The van der Waals surface area contributed by atoms with Gasteiger partial charge in [0, 0.05) is 0 Å². The van der Waals surface area contributed by atoms with Crippen LogP contribution in [0.25, 0.3) is 0 Å². The highest BCUT2D eigenvalue weighted by Crippen LogP contribution is 2.19. The van der Waals surface area contributed by atoms with Gasteiger partial charge in [-0.25, -0.2) is 0 Å². The summed E-state index contributed by atoms with van der Waals surface area (Å²) < 4.78 is 1.33. The van der Waals surface area contributed by atoms with Crippen molar-refractivity contribution in [3.63, 3.8) is 0 Å². The molecule has 0 unspecified atom stereocenters. The van der Waals surface area contributed by atoms with Gasteiger partial charge in [-0.05, 0) is 16.9 Å². The number of halogens is 2. The average Bonchev–Trinajstić information content (AvgIpc) is 1.59. The molecule has 0 bridgehead atoms. The first kappa shape index (κ1) is 9.68. The Bertz CT molecular complexity index is 57.9. The highest BCUT2D eigenvalue weighted by molar-refractivity contribution is 14.1. The second-order valence-corrected chi connectivity index (χ2v) is 16.3. The van der Waals surface area contributed by atoms with Crippen molar-refractivity contribution < 1.29 is 0 Å². The fraction of sp³-hybridized carbons (Fsp3) is 1.00. The molecule has 0 aliphatic rings. The first-order valence-corrected chi connectivity index (χ1v) is 10.7. The Labute approximate surface area is 79.2 Å². The topological polar surface area (TPSA) is 0 Å². The van der Waals surface area contributed by atoms with Crippen LogP contribution in [-0.2, 0) is 0 Å². The fourth-order valence-electron chi connectivity index (χ4n) is 0.487. The van der Waals surface area contributed by atoms with E-state index < -0.39 is 5.57 Å². The summed E-state index contributed by atoms with van der Waals surface area (Å²) in [6.45, 7) is 4.83. The molecule has 0 spiro atoms. The van der Waals surface area contributed by atoms with E-state index in [1.807, 2.05) is 0 Å². The molecule has 0 fully saturated rings. The van der Waals surface area contributed by atoms with E-state index in [-0.39, 0.29) is 0 Å². The molecule has 0 radical (unpaired) electrons. The van der Waals surface area contributed by atoms with Gasteiger partial charge in [-0.3, -0.25) is 0 Å². The summed E-state index contributed by atoms with van der Waals surface area (Å²) in [5, 5.41) is 0. The second-order valence-electron chi connectivity index (χ2n) is 2.51. The summed E-state index contributed by atoms with van der Waals surface area (Å²) in [6.07, 6.45) is 1.42. The minimum atomic E-state index is -0.713. The van der Waals surface area contributed by atoms with E-state index in [0.717, 1.165) is 0 Å². The van der Waals surface area contributed by atoms with Crippen LogP contribution in [0.2, 0.25) is 19.1 Å². The Morgan fingerprint density at radius 1 is 1.38 bits per heavy atom. The molecule has 0 nitrogen and oxygen atoms in total. The normalized spacial score (nSPS) is 12.0. The molecule has 8 heavy (non-hydrogen) atoms. The van der Waals surface area contributed by atoms with Gasteiger partial charge >= 0.3 is 0 Å². The van der Waals surface area contributed by atoms with Gasteiger partial charge in [-0.15, -0.1) is 21.8 Å². The fourth-order valence-corrected chi connectivity index (χ4v) is 3.75. The maximum atomic E-state index is 2.64. The first-order chi connectivity index (χ1) is 3.56. The van der Waals surface area contributed by atoms with Crippen molar-refractivity contribution in [2.24, 2.45) is 0 Å². The molecular weight excluding hydrogens is 342 g/mol. The first-order valence-electron chi connectivity index (χ1n) is 2.81. The van der Waals surface area contributed by atoms with Crippen LogP contribution in [0.3, 0.4) is 0 Å². The van der Waals surface area contributed by atoms with Crippen LogP contribution >= 0.6 is 44.4 Å². The molecule has 0 saturated heterocycles. The number of alkyl halides is 1. The highest BCUT2D eigenvalue weighted by Gasteiger charge is 2.13. The van der Waals surface area contributed by atoms with E-state index in [0.29, 0.717) is 0 Å². The maximum Gasteiger partial charge on any atom is 0.119 e. The largest absolute Gasteiger partial charge is 0.119 e. The third-order valence-electron chi connectivity index (χ3n) is 0.905. The zero-order chi connectivity index (χ0) is 6.62. The average molecular weight is 354 g/mol.